The summed E-state index contributed by atoms with van der Waals surface area (Å²) in [5.74, 6) is 0.999. The van der Waals surface area contributed by atoms with Gasteiger partial charge < -0.3 is 19.9 Å². The van der Waals surface area contributed by atoms with Crippen LogP contribution in [0.1, 0.15) is 38.5 Å². The van der Waals surface area contributed by atoms with Crippen molar-refractivity contribution in [2.24, 2.45) is 0 Å². The number of halogens is 1. The number of aromatic amines is 1. The van der Waals surface area contributed by atoms with Crippen LogP contribution in [0.3, 0.4) is 0 Å². The second-order valence-electron chi connectivity index (χ2n) is 11.7. The maximum Gasteiger partial charge on any atom is 0.319 e. The topological polar surface area (TPSA) is 69.3 Å². The van der Waals surface area contributed by atoms with Gasteiger partial charge in [-0.05, 0) is 81.4 Å². The second-order valence-corrected chi connectivity index (χ2v) is 12.1. The van der Waals surface area contributed by atoms with Gasteiger partial charge in [0.05, 0.1) is 16.1 Å². The van der Waals surface area contributed by atoms with Crippen LogP contribution in [0.5, 0.6) is 6.01 Å². The van der Waals surface area contributed by atoms with Crippen molar-refractivity contribution in [1.82, 2.24) is 25.2 Å². The fraction of sp³-hybridized carbons (Fsp3) is 0.467. The molecule has 8 rings (SSSR count). The lowest BCUT2D eigenvalue weighted by atomic mass is 9.95. The van der Waals surface area contributed by atoms with E-state index >= 15 is 0 Å². The van der Waals surface area contributed by atoms with Crippen LogP contribution in [0, 0.1) is 0 Å². The van der Waals surface area contributed by atoms with Crippen LogP contribution >= 0.6 is 11.6 Å². The molecule has 4 saturated heterocycles. The summed E-state index contributed by atoms with van der Waals surface area (Å²) in [5.41, 5.74) is 4.29. The Morgan fingerprint density at radius 1 is 1.03 bits per heavy atom. The second kappa shape index (κ2) is 8.83. The number of fused-ring (bicyclic) bond motifs is 5. The lowest BCUT2D eigenvalue weighted by Crippen LogP contribution is -2.51. The normalized spacial score (nSPS) is 24.5. The predicted octanol–water partition coefficient (Wildman–Crippen LogP) is 5.38. The molecule has 2 bridgehead atoms. The zero-order chi connectivity index (χ0) is 25.3. The van der Waals surface area contributed by atoms with Crippen molar-refractivity contribution >= 4 is 39.2 Å². The minimum Gasteiger partial charge on any atom is -0.461 e. The van der Waals surface area contributed by atoms with E-state index in [1.165, 1.54) is 51.6 Å². The minimum atomic E-state index is 0.162. The molecule has 2 unspecified atom stereocenters. The zero-order valence-corrected chi connectivity index (χ0v) is 22.3. The Bertz CT molecular complexity index is 1510. The molecular weight excluding hydrogens is 496 g/mol. The molecule has 7 nitrogen and oxygen atoms in total. The van der Waals surface area contributed by atoms with Crippen molar-refractivity contribution in [3.8, 4) is 17.1 Å². The van der Waals surface area contributed by atoms with Crippen molar-refractivity contribution in [3.63, 3.8) is 0 Å². The average molecular weight is 529 g/mol. The Hall–Kier alpha value is -2.87. The number of nitrogens with one attached hydrogen (secondary N) is 2. The first-order chi connectivity index (χ1) is 18.6. The number of aromatic nitrogens is 3. The number of hydrogen-bond acceptors (Lipinski definition) is 6. The summed E-state index contributed by atoms with van der Waals surface area (Å²) in [6.07, 6.45) is 9.44. The lowest BCUT2D eigenvalue weighted by Gasteiger charge is -2.34. The molecule has 4 fully saturated rings. The number of anilines is 1. The van der Waals surface area contributed by atoms with Crippen LogP contribution in [0.2, 0.25) is 5.02 Å². The maximum atomic E-state index is 6.62. The molecule has 4 aromatic rings. The summed E-state index contributed by atoms with van der Waals surface area (Å²) >= 11 is 6.62. The van der Waals surface area contributed by atoms with Crippen LogP contribution in [0.4, 0.5) is 5.82 Å². The van der Waals surface area contributed by atoms with E-state index in [4.69, 9.17) is 26.3 Å². The Morgan fingerprint density at radius 2 is 1.84 bits per heavy atom. The lowest BCUT2D eigenvalue weighted by molar-refractivity contribution is 0.108. The fourth-order valence-electron chi connectivity index (χ4n) is 7.56. The van der Waals surface area contributed by atoms with Crippen LogP contribution in [0.25, 0.3) is 32.9 Å². The first-order valence-corrected chi connectivity index (χ1v) is 14.5. The molecule has 2 N–H and O–H groups in total. The number of rotatable bonds is 5. The number of hydrogen-bond donors (Lipinski definition) is 2. The first kappa shape index (κ1) is 23.1. The van der Waals surface area contributed by atoms with Crippen LogP contribution in [-0.2, 0) is 0 Å². The molecule has 4 aliphatic rings. The van der Waals surface area contributed by atoms with Gasteiger partial charge in [-0.1, -0.05) is 23.7 Å². The minimum absolute atomic E-state index is 0.162. The fourth-order valence-corrected chi connectivity index (χ4v) is 7.84. The largest absolute Gasteiger partial charge is 0.461 e. The third-order valence-electron chi connectivity index (χ3n) is 9.42. The Kier molecular flexibility index (Phi) is 5.36. The quantitative estimate of drug-likeness (QED) is 0.362. The third-order valence-corrected chi connectivity index (χ3v) is 9.73. The van der Waals surface area contributed by atoms with Gasteiger partial charge in [-0.15, -0.1) is 0 Å². The molecule has 196 valence electrons. The summed E-state index contributed by atoms with van der Waals surface area (Å²) in [5, 5.41) is 6.62. The number of H-pyrrole nitrogens is 1. The molecule has 2 atom stereocenters. The van der Waals surface area contributed by atoms with Gasteiger partial charge in [0.25, 0.3) is 0 Å². The molecule has 6 heterocycles. The predicted molar refractivity (Wildman–Crippen MR) is 152 cm³/mol. The molecule has 8 heteroatoms. The molecule has 0 saturated carbocycles. The van der Waals surface area contributed by atoms with Crippen molar-refractivity contribution in [1.29, 1.82) is 0 Å². The molecule has 0 amide bonds. The van der Waals surface area contributed by atoms with Crippen molar-refractivity contribution in [2.75, 3.05) is 37.7 Å². The SMILES string of the molecule is Clc1cccc2[nH]cc(-c3ccc4c(N5CC6CCC(C5)N6)nc(OCC56CCCN5CCC6)nc4c3)c12. The standard InChI is InChI=1S/C30H33ClN6O/c31-24-4-1-5-25-27(24)23(15-32-25)19-6-9-22-26(14-19)34-29(38-18-30-10-2-12-37(30)13-3-11-30)35-28(22)36-16-20-7-8-21(17-36)33-20/h1,4-6,9,14-15,20-21,32-33H,2-3,7-8,10-13,16-18H2. The molecular formula is C30H33ClN6O. The van der Waals surface area contributed by atoms with E-state index in [1.807, 2.05) is 18.3 Å². The smallest absolute Gasteiger partial charge is 0.319 e. The van der Waals surface area contributed by atoms with Crippen molar-refractivity contribution in [3.05, 3.63) is 47.6 Å². The van der Waals surface area contributed by atoms with Crippen LogP contribution in [-0.4, -0.2) is 70.3 Å². The molecule has 4 aliphatic heterocycles. The number of piperazine rings is 1. The van der Waals surface area contributed by atoms with E-state index in [-0.39, 0.29) is 5.54 Å². The van der Waals surface area contributed by atoms with Crippen LogP contribution in [0.15, 0.2) is 42.6 Å². The summed E-state index contributed by atoms with van der Waals surface area (Å²) in [4.78, 5) is 18.5. The highest BCUT2D eigenvalue weighted by Gasteiger charge is 2.45. The molecule has 0 radical (unpaired) electrons. The summed E-state index contributed by atoms with van der Waals surface area (Å²) in [7, 11) is 0. The van der Waals surface area contributed by atoms with Gasteiger partial charge in [-0.3, -0.25) is 4.90 Å². The Labute approximate surface area is 227 Å². The number of benzene rings is 2. The Morgan fingerprint density at radius 3 is 2.66 bits per heavy atom. The van der Waals surface area contributed by atoms with Gasteiger partial charge >= 0.3 is 6.01 Å². The van der Waals surface area contributed by atoms with E-state index in [9.17, 15) is 0 Å². The van der Waals surface area contributed by atoms with E-state index in [1.54, 1.807) is 0 Å². The van der Waals surface area contributed by atoms with Crippen molar-refractivity contribution < 1.29 is 4.74 Å². The van der Waals surface area contributed by atoms with Gasteiger partial charge in [0, 0.05) is 53.2 Å². The van der Waals surface area contributed by atoms with Crippen molar-refractivity contribution in [2.45, 2.75) is 56.1 Å². The highest BCUT2D eigenvalue weighted by Crippen LogP contribution is 2.40. The number of nitrogens with zero attached hydrogens (tertiary/aromatic N) is 4. The summed E-state index contributed by atoms with van der Waals surface area (Å²) in [6.45, 7) is 4.99. The first-order valence-electron chi connectivity index (χ1n) is 14.1. The Balaban J connectivity index is 1.21. The van der Waals surface area contributed by atoms with Gasteiger partial charge in [0.15, 0.2) is 0 Å². The number of ether oxygens (including phenoxy) is 1. The molecule has 38 heavy (non-hydrogen) atoms. The average Bonchev–Trinajstić information content (AvgIpc) is 3.70. The maximum absolute atomic E-state index is 6.62. The van der Waals surface area contributed by atoms with E-state index in [0.717, 1.165) is 56.9 Å². The highest BCUT2D eigenvalue weighted by molar-refractivity contribution is 6.36. The highest BCUT2D eigenvalue weighted by atomic mass is 35.5. The molecule has 2 aromatic heterocycles. The molecule has 0 aliphatic carbocycles. The van der Waals surface area contributed by atoms with Gasteiger partial charge in [0.2, 0.25) is 0 Å². The molecule has 2 aromatic carbocycles. The molecule has 0 spiro atoms. The van der Waals surface area contributed by atoms with E-state index in [2.05, 4.69) is 44.4 Å². The summed E-state index contributed by atoms with van der Waals surface area (Å²) in [6, 6.07) is 14.1. The monoisotopic (exact) mass is 528 g/mol. The zero-order valence-electron chi connectivity index (χ0n) is 21.5. The van der Waals surface area contributed by atoms with Crippen LogP contribution < -0.4 is 15.0 Å². The van der Waals surface area contributed by atoms with Gasteiger partial charge in [-0.2, -0.15) is 9.97 Å². The summed E-state index contributed by atoms with van der Waals surface area (Å²) < 4.78 is 6.49. The van der Waals surface area contributed by atoms with Gasteiger partial charge in [-0.25, -0.2) is 0 Å². The third kappa shape index (κ3) is 3.70. The van der Waals surface area contributed by atoms with E-state index in [0.29, 0.717) is 24.7 Å². The van der Waals surface area contributed by atoms with E-state index < -0.39 is 0 Å². The van der Waals surface area contributed by atoms with Gasteiger partial charge in [0.1, 0.15) is 12.4 Å².